The summed E-state index contributed by atoms with van der Waals surface area (Å²) in [4.78, 5) is 30.0. The molecule has 0 bridgehead atoms. The van der Waals surface area contributed by atoms with Gasteiger partial charge in [0.15, 0.2) is 0 Å². The van der Waals surface area contributed by atoms with Crippen LogP contribution in [0, 0.1) is 0 Å². The fraction of sp³-hybridized carbons (Fsp3) is 0.226. The second-order valence-corrected chi connectivity index (χ2v) is 10.2. The number of carboxylic acids is 1. The molecule has 9 nitrogen and oxygen atoms in total. The van der Waals surface area contributed by atoms with Crippen LogP contribution in [0.15, 0.2) is 76.7 Å². The molecule has 0 amide bonds. The molecule has 0 atom stereocenters. The first-order chi connectivity index (χ1) is 20.7. The number of hydrogen-bond acceptors (Lipinski definition) is 6. The van der Waals surface area contributed by atoms with Crippen LogP contribution in [-0.4, -0.2) is 70.1 Å². The van der Waals surface area contributed by atoms with Gasteiger partial charge in [-0.2, -0.15) is 13.2 Å². The second kappa shape index (κ2) is 11.6. The third kappa shape index (κ3) is 6.22. The highest BCUT2D eigenvalue weighted by molar-refractivity contribution is 6.03. The molecule has 3 aromatic carbocycles. The van der Waals surface area contributed by atoms with Crippen molar-refractivity contribution < 1.29 is 23.1 Å². The van der Waals surface area contributed by atoms with Crippen LogP contribution in [0.25, 0.3) is 44.6 Å². The molecule has 220 valence electrons. The molecule has 5 aromatic rings. The Hall–Kier alpha value is -5.13. The quantitative estimate of drug-likeness (QED) is 0.190. The highest BCUT2D eigenvalue weighted by atomic mass is 19.4. The van der Waals surface area contributed by atoms with Gasteiger partial charge in [0, 0.05) is 59.5 Å². The molecule has 2 aliphatic heterocycles. The van der Waals surface area contributed by atoms with Crippen LogP contribution < -0.4 is 10.6 Å². The first kappa shape index (κ1) is 28.0. The van der Waals surface area contributed by atoms with E-state index >= 15 is 0 Å². The van der Waals surface area contributed by atoms with E-state index in [9.17, 15) is 13.2 Å². The molecule has 0 unspecified atom stereocenters. The average molecular weight is 588 g/mol. The Morgan fingerprint density at radius 2 is 1.28 bits per heavy atom. The standard InChI is InChI=1S/C29H27N7.C2HF3O2/c1-11-30-27(31-12-1)21-8-7-20-15-24(34-25(20)16-21)18-3-5-19(6-4-18)29-35-23-10-9-22(17-26(23)36-29)28-32-13-2-14-33-28;3-2(4,5)1(6)7/h3-10,15-17,34H,1-2,11-14H2,(H,30,31)(H,32,33)(H,35,36);(H,6,7). The van der Waals surface area contributed by atoms with Gasteiger partial charge in [-0.05, 0) is 48.7 Å². The van der Waals surface area contributed by atoms with Crippen LogP contribution in [0.4, 0.5) is 13.2 Å². The van der Waals surface area contributed by atoms with Gasteiger partial charge < -0.3 is 25.7 Å². The molecule has 12 heteroatoms. The lowest BCUT2D eigenvalue weighted by Gasteiger charge is -2.14. The third-order valence-corrected chi connectivity index (χ3v) is 7.16. The number of imidazole rings is 1. The fourth-order valence-electron chi connectivity index (χ4n) is 4.98. The number of nitrogens with one attached hydrogen (secondary N) is 4. The molecule has 0 aliphatic carbocycles. The van der Waals surface area contributed by atoms with Gasteiger partial charge in [-0.1, -0.05) is 36.4 Å². The van der Waals surface area contributed by atoms with E-state index in [2.05, 4.69) is 97.3 Å². The largest absolute Gasteiger partial charge is 0.490 e. The highest BCUT2D eigenvalue weighted by Crippen LogP contribution is 2.28. The van der Waals surface area contributed by atoms with E-state index in [1.54, 1.807) is 0 Å². The maximum atomic E-state index is 10.6. The van der Waals surface area contributed by atoms with Crippen molar-refractivity contribution in [1.82, 2.24) is 25.6 Å². The number of halogens is 3. The van der Waals surface area contributed by atoms with E-state index in [-0.39, 0.29) is 0 Å². The lowest BCUT2D eigenvalue weighted by molar-refractivity contribution is -0.192. The van der Waals surface area contributed by atoms with Crippen LogP contribution in [0.2, 0.25) is 0 Å². The summed E-state index contributed by atoms with van der Waals surface area (Å²) in [6, 6.07) is 23.5. The number of nitrogens with zero attached hydrogens (tertiary/aromatic N) is 3. The molecule has 0 radical (unpaired) electrons. The first-order valence-electron chi connectivity index (χ1n) is 13.9. The van der Waals surface area contributed by atoms with Crippen molar-refractivity contribution in [2.75, 3.05) is 26.2 Å². The predicted octanol–water partition coefficient (Wildman–Crippen LogP) is 5.49. The maximum absolute atomic E-state index is 10.6. The number of aromatic amines is 2. The van der Waals surface area contributed by atoms with Crippen LogP contribution in [-0.2, 0) is 4.79 Å². The zero-order valence-corrected chi connectivity index (χ0v) is 22.9. The Labute approximate surface area is 244 Å². The highest BCUT2D eigenvalue weighted by Gasteiger charge is 2.38. The SMILES string of the molecule is O=C(O)C(F)(F)F.c1cc2cc(-c3ccc(-c4nc5ccc(C6=NCCCN6)cc5[nH]4)cc3)[nH]c2cc1C1=NCCCN1. The molecular formula is C31H28F3N7O2. The summed E-state index contributed by atoms with van der Waals surface area (Å²) in [5.41, 5.74) is 8.62. The number of amidine groups is 2. The number of aliphatic imine (C=N–C) groups is 2. The van der Waals surface area contributed by atoms with E-state index in [4.69, 9.17) is 14.9 Å². The number of aromatic nitrogens is 3. The summed E-state index contributed by atoms with van der Waals surface area (Å²) in [6.45, 7) is 3.73. The molecule has 2 aliphatic rings. The molecule has 0 fully saturated rings. The lowest BCUT2D eigenvalue weighted by atomic mass is 10.1. The first-order valence-corrected chi connectivity index (χ1v) is 13.9. The Morgan fingerprint density at radius 3 is 1.86 bits per heavy atom. The maximum Gasteiger partial charge on any atom is 0.490 e. The smallest absolute Gasteiger partial charge is 0.475 e. The van der Waals surface area contributed by atoms with Crippen molar-refractivity contribution in [3.05, 3.63) is 77.9 Å². The molecule has 0 saturated carbocycles. The Balaban J connectivity index is 0.000000423. The van der Waals surface area contributed by atoms with Crippen molar-refractivity contribution in [2.24, 2.45) is 9.98 Å². The van der Waals surface area contributed by atoms with E-state index in [0.29, 0.717) is 0 Å². The molecule has 0 spiro atoms. The Bertz CT molecular complexity index is 1730. The van der Waals surface area contributed by atoms with Gasteiger partial charge >= 0.3 is 12.1 Å². The van der Waals surface area contributed by atoms with Gasteiger partial charge in [0.25, 0.3) is 0 Å². The van der Waals surface area contributed by atoms with Gasteiger partial charge in [-0.3, -0.25) is 9.98 Å². The summed E-state index contributed by atoms with van der Waals surface area (Å²) in [5, 5.41) is 15.1. The molecule has 5 N–H and O–H groups in total. The number of benzene rings is 3. The third-order valence-electron chi connectivity index (χ3n) is 7.16. The molecular weight excluding hydrogens is 559 g/mol. The van der Waals surface area contributed by atoms with E-state index in [1.165, 1.54) is 5.39 Å². The summed E-state index contributed by atoms with van der Waals surface area (Å²) >= 11 is 0. The summed E-state index contributed by atoms with van der Waals surface area (Å²) < 4.78 is 31.7. The number of rotatable bonds is 4. The lowest BCUT2D eigenvalue weighted by Crippen LogP contribution is -2.30. The van der Waals surface area contributed by atoms with Gasteiger partial charge in [-0.15, -0.1) is 0 Å². The number of fused-ring (bicyclic) bond motifs is 2. The fourth-order valence-corrected chi connectivity index (χ4v) is 4.98. The number of alkyl halides is 3. The van der Waals surface area contributed by atoms with Gasteiger partial charge in [0.05, 0.1) is 11.0 Å². The molecule has 2 aromatic heterocycles. The predicted molar refractivity (Wildman–Crippen MR) is 161 cm³/mol. The summed E-state index contributed by atoms with van der Waals surface area (Å²) in [5.74, 6) is 0.0727. The zero-order chi connectivity index (χ0) is 30.0. The number of aliphatic carboxylic acids is 1. The minimum absolute atomic E-state index is 0.870. The molecule has 43 heavy (non-hydrogen) atoms. The van der Waals surface area contributed by atoms with Crippen LogP contribution in [0.3, 0.4) is 0 Å². The summed E-state index contributed by atoms with van der Waals surface area (Å²) in [6.07, 6.45) is -2.90. The number of carboxylic acid groups (broad SMARTS) is 1. The van der Waals surface area contributed by atoms with Crippen molar-refractivity contribution in [2.45, 2.75) is 19.0 Å². The van der Waals surface area contributed by atoms with E-state index in [0.717, 1.165) is 101 Å². The van der Waals surface area contributed by atoms with Gasteiger partial charge in [-0.25, -0.2) is 9.78 Å². The summed E-state index contributed by atoms with van der Waals surface area (Å²) in [7, 11) is 0. The van der Waals surface area contributed by atoms with E-state index < -0.39 is 12.1 Å². The van der Waals surface area contributed by atoms with Crippen molar-refractivity contribution in [3.63, 3.8) is 0 Å². The van der Waals surface area contributed by atoms with Crippen molar-refractivity contribution in [3.8, 4) is 22.6 Å². The van der Waals surface area contributed by atoms with Crippen molar-refractivity contribution >= 4 is 39.6 Å². The average Bonchev–Trinajstić information content (AvgIpc) is 3.66. The minimum Gasteiger partial charge on any atom is -0.475 e. The number of carbonyl (C=O) groups is 1. The number of H-pyrrole nitrogens is 2. The zero-order valence-electron chi connectivity index (χ0n) is 22.9. The minimum atomic E-state index is -5.08. The molecule has 4 heterocycles. The number of hydrogen-bond donors (Lipinski definition) is 5. The molecule has 0 saturated heterocycles. The van der Waals surface area contributed by atoms with Gasteiger partial charge in [0.2, 0.25) is 0 Å². The van der Waals surface area contributed by atoms with Gasteiger partial charge in [0.1, 0.15) is 17.5 Å². The van der Waals surface area contributed by atoms with Crippen LogP contribution in [0.5, 0.6) is 0 Å². The topological polar surface area (TPSA) is 131 Å². The Kier molecular flexibility index (Phi) is 7.58. The molecule has 7 rings (SSSR count). The van der Waals surface area contributed by atoms with E-state index in [1.807, 2.05) is 0 Å². The van der Waals surface area contributed by atoms with Crippen LogP contribution >= 0.6 is 0 Å². The van der Waals surface area contributed by atoms with Crippen molar-refractivity contribution in [1.29, 1.82) is 0 Å². The normalized spacial score (nSPS) is 15.1. The monoisotopic (exact) mass is 587 g/mol. The van der Waals surface area contributed by atoms with Crippen LogP contribution in [0.1, 0.15) is 24.0 Å². The second-order valence-electron chi connectivity index (χ2n) is 10.2. The Morgan fingerprint density at radius 1 is 0.721 bits per heavy atom.